The van der Waals surface area contributed by atoms with E-state index < -0.39 is 36.4 Å². The Morgan fingerprint density at radius 3 is 2.16 bits per heavy atom. The molecule has 12 nitrogen and oxygen atoms in total. The van der Waals surface area contributed by atoms with E-state index in [2.05, 4.69) is 54.3 Å². The van der Waals surface area contributed by atoms with Crippen LogP contribution in [0.15, 0.2) is 57.7 Å². The predicted octanol–water partition coefficient (Wildman–Crippen LogP) is 3.13. The van der Waals surface area contributed by atoms with Gasteiger partial charge < -0.3 is 29.6 Å². The molecular formula is C31H40N2O10. The van der Waals surface area contributed by atoms with Crippen LogP contribution in [0.3, 0.4) is 0 Å². The average Bonchev–Trinajstić information content (AvgIpc) is 3.24. The van der Waals surface area contributed by atoms with Gasteiger partial charge in [0.1, 0.15) is 0 Å². The topological polar surface area (TPSA) is 180 Å². The number of aliphatic carboxylic acids is 3. The van der Waals surface area contributed by atoms with E-state index in [1.54, 1.807) is 11.6 Å². The van der Waals surface area contributed by atoms with Crippen molar-refractivity contribution < 1.29 is 44.0 Å². The van der Waals surface area contributed by atoms with E-state index in [0.29, 0.717) is 5.58 Å². The minimum absolute atomic E-state index is 0.265. The van der Waals surface area contributed by atoms with Gasteiger partial charge in [-0.15, -0.1) is 0 Å². The molecule has 0 atom stereocenters. The van der Waals surface area contributed by atoms with Gasteiger partial charge in [-0.05, 0) is 74.4 Å². The predicted molar refractivity (Wildman–Crippen MR) is 157 cm³/mol. The largest absolute Gasteiger partial charge is 0.481 e. The highest BCUT2D eigenvalue weighted by Gasteiger charge is 2.40. The first-order chi connectivity index (χ1) is 20.4. The number of carboxylic acid groups (broad SMARTS) is 3. The second kappa shape index (κ2) is 14.9. The lowest BCUT2D eigenvalue weighted by Crippen LogP contribution is -2.42. The first-order valence-electron chi connectivity index (χ1n) is 14.2. The van der Waals surface area contributed by atoms with E-state index in [0.717, 1.165) is 57.6 Å². The smallest absolute Gasteiger partial charge is 0.419 e. The second-order valence-electron chi connectivity index (χ2n) is 11.1. The molecule has 12 heteroatoms. The summed E-state index contributed by atoms with van der Waals surface area (Å²) in [5.41, 5.74) is 1.68. The number of carboxylic acids is 3. The molecule has 43 heavy (non-hydrogen) atoms. The maximum atomic E-state index is 11.7. The summed E-state index contributed by atoms with van der Waals surface area (Å²) in [4.78, 5) is 44.7. The summed E-state index contributed by atoms with van der Waals surface area (Å²) in [5, 5.41) is 33.8. The van der Waals surface area contributed by atoms with Crippen molar-refractivity contribution >= 4 is 29.0 Å². The zero-order valence-corrected chi connectivity index (χ0v) is 24.5. The van der Waals surface area contributed by atoms with Crippen LogP contribution in [0.25, 0.3) is 11.1 Å². The summed E-state index contributed by atoms with van der Waals surface area (Å²) in [6.45, 7) is 6.76. The molecule has 1 aliphatic heterocycles. The van der Waals surface area contributed by atoms with Crippen molar-refractivity contribution in [1.29, 1.82) is 0 Å². The number of piperidine rings is 1. The molecule has 234 valence electrons. The highest BCUT2D eigenvalue weighted by molar-refractivity contribution is 5.88. The van der Waals surface area contributed by atoms with Gasteiger partial charge in [-0.3, -0.25) is 19.1 Å². The quantitative estimate of drug-likeness (QED) is 0.226. The molecule has 2 heterocycles. The molecule has 0 radical (unpaired) electrons. The molecule has 3 aromatic rings. The van der Waals surface area contributed by atoms with E-state index in [9.17, 15) is 19.2 Å². The van der Waals surface area contributed by atoms with E-state index in [4.69, 9.17) is 29.6 Å². The van der Waals surface area contributed by atoms with Gasteiger partial charge in [0.05, 0.1) is 25.0 Å². The summed E-state index contributed by atoms with van der Waals surface area (Å²) >= 11 is 0. The van der Waals surface area contributed by atoms with Crippen LogP contribution in [0.2, 0.25) is 0 Å². The number of hydrogen-bond acceptors (Lipinski definition) is 8. The molecule has 0 amide bonds. The minimum Gasteiger partial charge on any atom is -0.481 e. The molecule has 4 N–H and O–H groups in total. The van der Waals surface area contributed by atoms with Crippen LogP contribution in [-0.2, 0) is 39.1 Å². The second-order valence-corrected chi connectivity index (χ2v) is 11.1. The molecule has 2 aromatic carbocycles. The number of fused-ring (bicyclic) bond motifs is 1. The van der Waals surface area contributed by atoms with Crippen LogP contribution >= 0.6 is 0 Å². The van der Waals surface area contributed by atoms with Crippen molar-refractivity contribution in [3.63, 3.8) is 0 Å². The molecule has 0 aliphatic carbocycles. The lowest BCUT2D eigenvalue weighted by atomic mass is 9.74. The number of aromatic nitrogens is 1. The normalized spacial score (nSPS) is 15.0. The molecule has 1 fully saturated rings. The Morgan fingerprint density at radius 1 is 0.977 bits per heavy atom. The molecule has 0 unspecified atom stereocenters. The number of oxazole rings is 1. The Labute approximate surface area is 249 Å². The molecule has 4 rings (SSSR count). The lowest BCUT2D eigenvalue weighted by Gasteiger charge is -2.42. The van der Waals surface area contributed by atoms with Gasteiger partial charge in [-0.2, -0.15) is 0 Å². The van der Waals surface area contributed by atoms with Crippen molar-refractivity contribution in [3.05, 3.63) is 70.2 Å². The number of rotatable bonds is 13. The Bertz CT molecular complexity index is 1420. The number of carbonyl (C=O) groups is 3. The van der Waals surface area contributed by atoms with Crippen molar-refractivity contribution in [3.8, 4) is 0 Å². The molecule has 0 bridgehead atoms. The third-order valence-corrected chi connectivity index (χ3v) is 7.86. The maximum absolute atomic E-state index is 11.7. The molecule has 1 aliphatic rings. The van der Waals surface area contributed by atoms with E-state index in [1.807, 2.05) is 6.07 Å². The Morgan fingerprint density at radius 2 is 1.60 bits per heavy atom. The van der Waals surface area contributed by atoms with Crippen LogP contribution < -0.4 is 5.76 Å². The fraction of sp³-hybridized carbons (Fsp3) is 0.484. The summed E-state index contributed by atoms with van der Waals surface area (Å²) in [5.74, 6) is -5.33. The van der Waals surface area contributed by atoms with E-state index >= 15 is 0 Å². The molecular weight excluding hydrogens is 560 g/mol. The van der Waals surface area contributed by atoms with Crippen LogP contribution in [0, 0.1) is 5.41 Å². The van der Waals surface area contributed by atoms with E-state index in [1.165, 1.54) is 17.5 Å². The summed E-state index contributed by atoms with van der Waals surface area (Å²) < 4.78 is 12.7. The SMILES string of the molecule is CCOCC1(CCc2ccccc2)CCN(Cc2ccc3oc(=O)n(C)c3c2)CC1.O=C(O)CC(O)(CC(=O)O)C(=O)O. The number of aliphatic hydroxyl groups is 1. The fourth-order valence-electron chi connectivity index (χ4n) is 5.27. The van der Waals surface area contributed by atoms with Gasteiger partial charge in [0, 0.05) is 20.2 Å². The monoisotopic (exact) mass is 600 g/mol. The number of hydrogen-bond donors (Lipinski definition) is 4. The third kappa shape index (κ3) is 9.50. The molecule has 0 saturated carbocycles. The number of benzene rings is 2. The number of aryl methyl sites for hydroxylation is 2. The first-order valence-corrected chi connectivity index (χ1v) is 14.2. The van der Waals surface area contributed by atoms with Crippen LogP contribution in [-0.4, -0.2) is 79.7 Å². The minimum atomic E-state index is -2.74. The van der Waals surface area contributed by atoms with Crippen LogP contribution in [0.4, 0.5) is 0 Å². The summed E-state index contributed by atoms with van der Waals surface area (Å²) in [6.07, 6.45) is 2.31. The fourth-order valence-corrected chi connectivity index (χ4v) is 5.27. The number of nitrogens with zero attached hydrogens (tertiary/aromatic N) is 2. The van der Waals surface area contributed by atoms with E-state index in [-0.39, 0.29) is 11.2 Å². The Hall–Kier alpha value is -4.00. The van der Waals surface area contributed by atoms with Crippen molar-refractivity contribution in [2.45, 2.75) is 57.6 Å². The van der Waals surface area contributed by atoms with Crippen molar-refractivity contribution in [2.75, 3.05) is 26.3 Å². The third-order valence-electron chi connectivity index (χ3n) is 7.86. The van der Waals surface area contributed by atoms with Crippen molar-refractivity contribution in [1.82, 2.24) is 9.47 Å². The van der Waals surface area contributed by atoms with Gasteiger partial charge in [0.15, 0.2) is 11.2 Å². The highest BCUT2D eigenvalue weighted by Crippen LogP contribution is 2.37. The maximum Gasteiger partial charge on any atom is 0.419 e. The van der Waals surface area contributed by atoms with Gasteiger partial charge in [-0.25, -0.2) is 9.59 Å². The van der Waals surface area contributed by atoms with Crippen LogP contribution in [0.1, 0.15) is 50.2 Å². The van der Waals surface area contributed by atoms with Crippen LogP contribution in [0.5, 0.6) is 0 Å². The van der Waals surface area contributed by atoms with Crippen molar-refractivity contribution in [2.24, 2.45) is 12.5 Å². The molecule has 1 aromatic heterocycles. The molecule has 1 saturated heterocycles. The standard InChI is InChI=1S/C25H32N2O3.C6H8O7/c1-3-29-19-25(12-11-20-7-5-4-6-8-20)13-15-27(16-14-25)18-21-9-10-23-22(17-21)26(2)24(28)30-23;7-3(8)1-6(13,5(11)12)2-4(9)10/h4-10,17H,3,11-16,18-19H2,1-2H3;13H,1-2H2,(H,7,8)(H,9,10)(H,11,12). The number of likely N-dealkylation sites (tertiary alicyclic amines) is 1. The lowest BCUT2D eigenvalue weighted by molar-refractivity contribution is -0.170. The van der Waals surface area contributed by atoms with Gasteiger partial charge in [0.2, 0.25) is 0 Å². The Balaban J connectivity index is 0.000000331. The van der Waals surface area contributed by atoms with Gasteiger partial charge >= 0.3 is 23.7 Å². The Kier molecular flexibility index (Phi) is 11.6. The molecule has 0 spiro atoms. The average molecular weight is 601 g/mol. The number of ether oxygens (including phenoxy) is 1. The first kappa shape index (κ1) is 33.5. The van der Waals surface area contributed by atoms with Gasteiger partial charge in [0.25, 0.3) is 0 Å². The summed E-state index contributed by atoms with van der Waals surface area (Å²) in [6, 6.07) is 16.8. The summed E-state index contributed by atoms with van der Waals surface area (Å²) in [7, 11) is 1.76. The zero-order chi connectivity index (χ0) is 31.6. The zero-order valence-electron chi connectivity index (χ0n) is 24.5. The highest BCUT2D eigenvalue weighted by atomic mass is 16.5. The van der Waals surface area contributed by atoms with Gasteiger partial charge in [-0.1, -0.05) is 36.4 Å².